The van der Waals surface area contributed by atoms with Gasteiger partial charge in [-0.3, -0.25) is 0 Å². The first kappa shape index (κ1) is 14.7. The third-order valence-corrected chi connectivity index (χ3v) is 2.68. The maximum absolute atomic E-state index is 9.45. The molecule has 6 nitrogen and oxygen atoms in total. The molecule has 0 bridgehead atoms. The van der Waals surface area contributed by atoms with Crippen LogP contribution in [0.5, 0.6) is 0 Å². The van der Waals surface area contributed by atoms with E-state index in [1.54, 1.807) is 6.92 Å². The van der Waals surface area contributed by atoms with Gasteiger partial charge in [-0.05, 0) is 20.3 Å². The van der Waals surface area contributed by atoms with Crippen molar-refractivity contribution in [2.75, 3.05) is 23.9 Å². The second kappa shape index (κ2) is 6.51. The normalized spacial score (nSPS) is 12.3. The minimum absolute atomic E-state index is 0.409. The SMILES string of the molecule is CCCc1nc(NN)c(C)c(N(C)CC(C)O)n1. The van der Waals surface area contributed by atoms with E-state index in [0.29, 0.717) is 12.4 Å². The number of hydrogen-bond donors (Lipinski definition) is 3. The Morgan fingerprint density at radius 2 is 2.11 bits per heavy atom. The van der Waals surface area contributed by atoms with Crippen LogP contribution in [0.15, 0.2) is 0 Å². The number of likely N-dealkylation sites (N-methyl/N-ethyl adjacent to an activating group) is 1. The molecular formula is C12H23N5O. The molecule has 1 aromatic rings. The fraction of sp³-hybridized carbons (Fsp3) is 0.667. The van der Waals surface area contributed by atoms with Crippen molar-refractivity contribution in [3.05, 3.63) is 11.4 Å². The standard InChI is InChI=1S/C12H23N5O/c1-5-6-10-14-11(16-13)9(3)12(15-10)17(4)7-8(2)18/h8,18H,5-7,13H2,1-4H3,(H,14,15,16). The second-order valence-electron chi connectivity index (χ2n) is 4.56. The van der Waals surface area contributed by atoms with E-state index in [2.05, 4.69) is 22.3 Å². The number of hydrogen-bond acceptors (Lipinski definition) is 6. The van der Waals surface area contributed by atoms with Crippen LogP contribution in [0.4, 0.5) is 11.6 Å². The van der Waals surface area contributed by atoms with E-state index in [1.165, 1.54) is 0 Å². The Labute approximate surface area is 108 Å². The smallest absolute Gasteiger partial charge is 0.148 e. The lowest BCUT2D eigenvalue weighted by Crippen LogP contribution is -2.29. The average Bonchev–Trinajstić information content (AvgIpc) is 2.30. The molecule has 0 radical (unpaired) electrons. The minimum atomic E-state index is -0.409. The molecule has 1 atom stereocenters. The summed E-state index contributed by atoms with van der Waals surface area (Å²) in [5, 5.41) is 9.45. The van der Waals surface area contributed by atoms with E-state index in [1.807, 2.05) is 18.9 Å². The highest BCUT2D eigenvalue weighted by atomic mass is 16.3. The number of rotatable bonds is 6. The van der Waals surface area contributed by atoms with Gasteiger partial charge in [0.1, 0.15) is 17.5 Å². The number of nitrogens with zero attached hydrogens (tertiary/aromatic N) is 3. The number of nitrogens with one attached hydrogen (secondary N) is 1. The van der Waals surface area contributed by atoms with Crippen LogP contribution < -0.4 is 16.2 Å². The lowest BCUT2D eigenvalue weighted by atomic mass is 10.2. The van der Waals surface area contributed by atoms with Gasteiger partial charge >= 0.3 is 0 Å². The largest absolute Gasteiger partial charge is 0.392 e. The van der Waals surface area contributed by atoms with Gasteiger partial charge in [-0.1, -0.05) is 6.92 Å². The second-order valence-corrected chi connectivity index (χ2v) is 4.56. The highest BCUT2D eigenvalue weighted by Gasteiger charge is 2.14. The Kier molecular flexibility index (Phi) is 5.30. The van der Waals surface area contributed by atoms with E-state index in [9.17, 15) is 5.11 Å². The fourth-order valence-corrected chi connectivity index (χ4v) is 1.88. The number of aliphatic hydroxyl groups is 1. The van der Waals surface area contributed by atoms with Crippen molar-refractivity contribution in [2.24, 2.45) is 5.84 Å². The van der Waals surface area contributed by atoms with Gasteiger partial charge in [0.25, 0.3) is 0 Å². The molecule has 0 aromatic carbocycles. The number of aromatic nitrogens is 2. The molecule has 0 saturated carbocycles. The fourth-order valence-electron chi connectivity index (χ4n) is 1.88. The first-order valence-electron chi connectivity index (χ1n) is 6.22. The summed E-state index contributed by atoms with van der Waals surface area (Å²) in [6, 6.07) is 0. The summed E-state index contributed by atoms with van der Waals surface area (Å²) in [5.41, 5.74) is 3.49. The molecule has 102 valence electrons. The van der Waals surface area contributed by atoms with E-state index < -0.39 is 6.10 Å². The lowest BCUT2D eigenvalue weighted by Gasteiger charge is -2.23. The van der Waals surface area contributed by atoms with Crippen LogP contribution in [-0.2, 0) is 6.42 Å². The van der Waals surface area contributed by atoms with Crippen LogP contribution in [0.3, 0.4) is 0 Å². The van der Waals surface area contributed by atoms with Crippen LogP contribution in [0.25, 0.3) is 0 Å². The van der Waals surface area contributed by atoms with Crippen LogP contribution >= 0.6 is 0 Å². The number of nitrogen functional groups attached to an aromatic ring is 1. The Bertz CT molecular complexity index is 394. The third kappa shape index (κ3) is 3.54. The molecule has 1 heterocycles. The molecule has 18 heavy (non-hydrogen) atoms. The van der Waals surface area contributed by atoms with Crippen molar-refractivity contribution in [3.8, 4) is 0 Å². The third-order valence-electron chi connectivity index (χ3n) is 2.68. The highest BCUT2D eigenvalue weighted by molar-refractivity contribution is 5.57. The van der Waals surface area contributed by atoms with Crippen molar-refractivity contribution in [1.29, 1.82) is 0 Å². The summed E-state index contributed by atoms with van der Waals surface area (Å²) in [4.78, 5) is 10.8. The zero-order valence-corrected chi connectivity index (χ0v) is 11.6. The predicted octanol–water partition coefficient (Wildman–Crippen LogP) is 0.840. The molecule has 0 aliphatic rings. The number of aryl methyl sites for hydroxylation is 1. The molecule has 1 rings (SSSR count). The highest BCUT2D eigenvalue weighted by Crippen LogP contribution is 2.22. The van der Waals surface area contributed by atoms with Crippen LogP contribution in [0.2, 0.25) is 0 Å². The van der Waals surface area contributed by atoms with Crippen molar-refractivity contribution >= 4 is 11.6 Å². The quantitative estimate of drug-likeness (QED) is 0.514. The summed E-state index contributed by atoms with van der Waals surface area (Å²) in [6.45, 7) is 6.27. The molecule has 6 heteroatoms. The summed E-state index contributed by atoms with van der Waals surface area (Å²) < 4.78 is 0. The Hall–Kier alpha value is -1.40. The Balaban J connectivity index is 3.11. The average molecular weight is 253 g/mol. The molecule has 0 spiro atoms. The first-order valence-corrected chi connectivity index (χ1v) is 6.22. The van der Waals surface area contributed by atoms with Crippen molar-refractivity contribution in [2.45, 2.75) is 39.7 Å². The number of nitrogens with two attached hydrogens (primary N) is 1. The molecule has 4 N–H and O–H groups in total. The summed E-state index contributed by atoms with van der Waals surface area (Å²) in [6.07, 6.45) is 1.38. The van der Waals surface area contributed by atoms with Gasteiger partial charge in [-0.15, -0.1) is 0 Å². The van der Waals surface area contributed by atoms with E-state index >= 15 is 0 Å². The minimum Gasteiger partial charge on any atom is -0.392 e. The first-order chi connectivity index (χ1) is 8.49. The van der Waals surface area contributed by atoms with Gasteiger partial charge in [-0.25, -0.2) is 15.8 Å². The van der Waals surface area contributed by atoms with Crippen molar-refractivity contribution in [1.82, 2.24) is 9.97 Å². The molecule has 0 fully saturated rings. The van der Waals surface area contributed by atoms with E-state index in [4.69, 9.17) is 5.84 Å². The van der Waals surface area contributed by atoms with Gasteiger partial charge in [0.2, 0.25) is 0 Å². The number of aliphatic hydroxyl groups excluding tert-OH is 1. The molecule has 1 aromatic heterocycles. The van der Waals surface area contributed by atoms with Gasteiger partial charge in [-0.2, -0.15) is 0 Å². The summed E-state index contributed by atoms with van der Waals surface area (Å²) >= 11 is 0. The van der Waals surface area contributed by atoms with Crippen LogP contribution in [0, 0.1) is 6.92 Å². The number of anilines is 2. The van der Waals surface area contributed by atoms with Gasteiger partial charge in [0.15, 0.2) is 0 Å². The zero-order valence-electron chi connectivity index (χ0n) is 11.6. The summed E-state index contributed by atoms with van der Waals surface area (Å²) in [7, 11) is 1.90. The molecule has 1 unspecified atom stereocenters. The lowest BCUT2D eigenvalue weighted by molar-refractivity contribution is 0.201. The molecule has 0 saturated heterocycles. The topological polar surface area (TPSA) is 87.3 Å². The van der Waals surface area contributed by atoms with Crippen LogP contribution in [0.1, 0.15) is 31.7 Å². The maximum atomic E-state index is 9.45. The monoisotopic (exact) mass is 253 g/mol. The van der Waals surface area contributed by atoms with E-state index in [-0.39, 0.29) is 0 Å². The Morgan fingerprint density at radius 3 is 2.61 bits per heavy atom. The van der Waals surface area contributed by atoms with Gasteiger partial charge < -0.3 is 15.4 Å². The molecular weight excluding hydrogens is 230 g/mol. The summed E-state index contributed by atoms with van der Waals surface area (Å²) in [5.74, 6) is 7.69. The maximum Gasteiger partial charge on any atom is 0.148 e. The van der Waals surface area contributed by atoms with Crippen molar-refractivity contribution < 1.29 is 5.11 Å². The molecule has 0 aliphatic heterocycles. The van der Waals surface area contributed by atoms with Crippen LogP contribution in [-0.4, -0.2) is 34.8 Å². The number of hydrazine groups is 1. The Morgan fingerprint density at radius 1 is 1.44 bits per heavy atom. The van der Waals surface area contributed by atoms with E-state index in [0.717, 1.165) is 30.0 Å². The molecule has 0 amide bonds. The van der Waals surface area contributed by atoms with Gasteiger partial charge in [0, 0.05) is 25.6 Å². The molecule has 0 aliphatic carbocycles. The predicted molar refractivity (Wildman–Crippen MR) is 73.5 cm³/mol. The van der Waals surface area contributed by atoms with Crippen molar-refractivity contribution in [3.63, 3.8) is 0 Å². The van der Waals surface area contributed by atoms with Gasteiger partial charge in [0.05, 0.1) is 6.10 Å². The zero-order chi connectivity index (χ0) is 13.7.